The summed E-state index contributed by atoms with van der Waals surface area (Å²) in [6, 6.07) is 12.5. The molecule has 0 bridgehead atoms. The monoisotopic (exact) mass is 242 g/mol. The van der Waals surface area contributed by atoms with E-state index in [1.54, 1.807) is 11.6 Å². The molecule has 1 aromatic carbocycles. The van der Waals surface area contributed by atoms with Crippen LogP contribution in [0.3, 0.4) is 0 Å². The fourth-order valence-electron chi connectivity index (χ4n) is 3.90. The average Bonchev–Trinajstić information content (AvgIpc) is 2.99. The summed E-state index contributed by atoms with van der Waals surface area (Å²) in [6.07, 6.45) is 10.7. The second kappa shape index (κ2) is 4.97. The van der Waals surface area contributed by atoms with Crippen molar-refractivity contribution in [3.63, 3.8) is 0 Å². The first kappa shape index (κ1) is 11.5. The fourth-order valence-corrected chi connectivity index (χ4v) is 5.20. The molecule has 1 heteroatoms. The van der Waals surface area contributed by atoms with Crippen molar-refractivity contribution in [2.75, 3.05) is 0 Å². The summed E-state index contributed by atoms with van der Waals surface area (Å²) in [5.74, 6) is 1.03. The molecule has 0 aliphatic heterocycles. The molecule has 1 spiro atoms. The Morgan fingerprint density at radius 3 is 2.59 bits per heavy atom. The minimum Gasteiger partial charge on any atom is -0.0642 e. The molecule has 0 heterocycles. The topological polar surface area (TPSA) is 0 Å². The Bertz CT molecular complexity index is 351. The van der Waals surface area contributed by atoms with Crippen molar-refractivity contribution in [1.29, 1.82) is 0 Å². The minimum absolute atomic E-state index is 0.811. The van der Waals surface area contributed by atoms with Gasteiger partial charge in [0, 0.05) is 0 Å². The SMILES string of the molecule is c1ccc([Si]CC2CCC3(CCCC3)C2)cc1. The van der Waals surface area contributed by atoms with Crippen molar-refractivity contribution in [1.82, 2.24) is 0 Å². The lowest BCUT2D eigenvalue weighted by Gasteiger charge is -2.22. The van der Waals surface area contributed by atoms with E-state index in [-0.39, 0.29) is 0 Å². The van der Waals surface area contributed by atoms with Crippen LogP contribution in [0.4, 0.5) is 0 Å². The number of hydrogen-bond acceptors (Lipinski definition) is 0. The Kier molecular flexibility index (Phi) is 3.37. The van der Waals surface area contributed by atoms with E-state index < -0.39 is 0 Å². The quantitative estimate of drug-likeness (QED) is 0.707. The van der Waals surface area contributed by atoms with Crippen LogP contribution in [0.5, 0.6) is 0 Å². The van der Waals surface area contributed by atoms with E-state index in [2.05, 4.69) is 30.3 Å². The smallest absolute Gasteiger partial charge is 0.0642 e. The zero-order chi connectivity index (χ0) is 11.6. The number of hydrogen-bond donors (Lipinski definition) is 0. The molecular weight excluding hydrogens is 220 g/mol. The highest BCUT2D eigenvalue weighted by Crippen LogP contribution is 2.53. The van der Waals surface area contributed by atoms with E-state index in [4.69, 9.17) is 0 Å². The molecule has 2 aliphatic carbocycles. The minimum atomic E-state index is 0.811. The normalized spacial score (nSPS) is 26.7. The average molecular weight is 242 g/mol. The Labute approximate surface area is 108 Å². The van der Waals surface area contributed by atoms with Crippen LogP contribution in [-0.4, -0.2) is 9.52 Å². The van der Waals surface area contributed by atoms with Gasteiger partial charge in [-0.15, -0.1) is 0 Å². The van der Waals surface area contributed by atoms with E-state index in [0.29, 0.717) is 0 Å². The van der Waals surface area contributed by atoms with Gasteiger partial charge in [-0.3, -0.25) is 0 Å². The fraction of sp³-hybridized carbons (Fsp3) is 0.625. The molecule has 2 fully saturated rings. The molecule has 0 nitrogen and oxygen atoms in total. The second-order valence-electron chi connectivity index (χ2n) is 6.06. The number of rotatable bonds is 3. The van der Waals surface area contributed by atoms with Gasteiger partial charge in [-0.2, -0.15) is 0 Å². The zero-order valence-electron chi connectivity index (χ0n) is 10.6. The molecule has 90 valence electrons. The molecule has 1 atom stereocenters. The van der Waals surface area contributed by atoms with Crippen molar-refractivity contribution in [3.8, 4) is 0 Å². The van der Waals surface area contributed by atoms with Crippen LogP contribution < -0.4 is 5.19 Å². The zero-order valence-corrected chi connectivity index (χ0v) is 11.6. The van der Waals surface area contributed by atoms with Crippen LogP contribution in [0.1, 0.15) is 44.9 Å². The maximum atomic E-state index is 2.29. The van der Waals surface area contributed by atoms with Gasteiger partial charge in [0.2, 0.25) is 0 Å². The van der Waals surface area contributed by atoms with Crippen molar-refractivity contribution >= 4 is 14.7 Å². The van der Waals surface area contributed by atoms with Gasteiger partial charge in [-0.25, -0.2) is 0 Å². The molecule has 0 saturated heterocycles. The lowest BCUT2D eigenvalue weighted by atomic mass is 9.84. The molecule has 2 aliphatic rings. The van der Waals surface area contributed by atoms with Crippen LogP contribution >= 0.6 is 0 Å². The van der Waals surface area contributed by atoms with Crippen LogP contribution in [0.2, 0.25) is 6.04 Å². The summed E-state index contributed by atoms with van der Waals surface area (Å²) in [4.78, 5) is 0. The van der Waals surface area contributed by atoms with Gasteiger partial charge in [0.15, 0.2) is 0 Å². The van der Waals surface area contributed by atoms with E-state index in [1.165, 1.54) is 44.6 Å². The Hall–Kier alpha value is -0.563. The van der Waals surface area contributed by atoms with Gasteiger partial charge in [0.05, 0.1) is 9.52 Å². The van der Waals surface area contributed by atoms with E-state index in [0.717, 1.165) is 20.9 Å². The van der Waals surface area contributed by atoms with Crippen molar-refractivity contribution in [2.45, 2.75) is 51.0 Å². The van der Waals surface area contributed by atoms with E-state index >= 15 is 0 Å². The Balaban J connectivity index is 1.51. The summed E-state index contributed by atoms with van der Waals surface area (Å²) in [7, 11) is 1.04. The lowest BCUT2D eigenvalue weighted by molar-refractivity contribution is 0.298. The third-order valence-electron chi connectivity index (χ3n) is 4.84. The maximum Gasteiger partial charge on any atom is 0.0810 e. The summed E-state index contributed by atoms with van der Waals surface area (Å²) < 4.78 is 0. The van der Waals surface area contributed by atoms with Gasteiger partial charge < -0.3 is 0 Å². The Morgan fingerprint density at radius 1 is 1.06 bits per heavy atom. The van der Waals surface area contributed by atoms with Gasteiger partial charge >= 0.3 is 0 Å². The van der Waals surface area contributed by atoms with Crippen LogP contribution in [0.15, 0.2) is 30.3 Å². The lowest BCUT2D eigenvalue weighted by Crippen LogP contribution is -2.17. The van der Waals surface area contributed by atoms with Gasteiger partial charge in [0.25, 0.3) is 0 Å². The van der Waals surface area contributed by atoms with Crippen molar-refractivity contribution in [3.05, 3.63) is 30.3 Å². The predicted molar refractivity (Wildman–Crippen MR) is 74.9 cm³/mol. The first-order valence-electron chi connectivity index (χ1n) is 7.15. The second-order valence-corrected chi connectivity index (χ2v) is 7.40. The molecule has 3 rings (SSSR count). The van der Waals surface area contributed by atoms with Gasteiger partial charge in [0.1, 0.15) is 0 Å². The molecule has 1 aromatic rings. The summed E-state index contributed by atoms with van der Waals surface area (Å²) in [5, 5.41) is 1.56. The molecule has 17 heavy (non-hydrogen) atoms. The van der Waals surface area contributed by atoms with E-state index in [1.807, 2.05) is 0 Å². The maximum absolute atomic E-state index is 2.29. The highest BCUT2D eigenvalue weighted by molar-refractivity contribution is 6.53. The standard InChI is InChI=1S/C16H22Si/c1-2-6-15(7-3-1)17-13-14-8-11-16(12-14)9-4-5-10-16/h1-3,6-7,14H,4-5,8-13H2. The molecule has 0 aromatic heterocycles. The molecule has 2 radical (unpaired) electrons. The molecule has 0 N–H and O–H groups in total. The Morgan fingerprint density at radius 2 is 1.82 bits per heavy atom. The van der Waals surface area contributed by atoms with Crippen LogP contribution in [-0.2, 0) is 0 Å². The van der Waals surface area contributed by atoms with Crippen LogP contribution in [0, 0.1) is 11.3 Å². The molecule has 2 saturated carbocycles. The largest absolute Gasteiger partial charge is 0.0810 e. The number of benzene rings is 1. The summed E-state index contributed by atoms with van der Waals surface area (Å²) in [5.41, 5.74) is 0.811. The highest BCUT2D eigenvalue weighted by Gasteiger charge is 2.40. The third kappa shape index (κ3) is 2.65. The van der Waals surface area contributed by atoms with Gasteiger partial charge in [-0.05, 0) is 37.0 Å². The summed E-state index contributed by atoms with van der Waals surface area (Å²) >= 11 is 0. The molecule has 0 amide bonds. The van der Waals surface area contributed by atoms with E-state index in [9.17, 15) is 0 Å². The summed E-state index contributed by atoms with van der Waals surface area (Å²) in [6.45, 7) is 0. The first-order valence-corrected chi connectivity index (χ1v) is 8.36. The molecular formula is C16H22Si. The third-order valence-corrected chi connectivity index (χ3v) is 6.36. The van der Waals surface area contributed by atoms with Crippen molar-refractivity contribution < 1.29 is 0 Å². The van der Waals surface area contributed by atoms with Crippen LogP contribution in [0.25, 0.3) is 0 Å². The first-order chi connectivity index (χ1) is 8.36. The predicted octanol–water partition coefficient (Wildman–Crippen LogP) is 3.79. The van der Waals surface area contributed by atoms with Gasteiger partial charge in [-0.1, -0.05) is 60.8 Å². The van der Waals surface area contributed by atoms with Crippen molar-refractivity contribution in [2.24, 2.45) is 11.3 Å². The molecule has 1 unspecified atom stereocenters. The highest BCUT2D eigenvalue weighted by atomic mass is 28.2.